The van der Waals surface area contributed by atoms with Crippen LogP contribution >= 0.6 is 0 Å². The molecule has 2 nitrogen and oxygen atoms in total. The summed E-state index contributed by atoms with van der Waals surface area (Å²) < 4.78 is 10.6. The molecule has 0 aromatic heterocycles. The summed E-state index contributed by atoms with van der Waals surface area (Å²) in [4.78, 5) is 0. The highest BCUT2D eigenvalue weighted by atomic mass is 16.5. The third-order valence-electron chi connectivity index (χ3n) is 4.02. The summed E-state index contributed by atoms with van der Waals surface area (Å²) in [6.07, 6.45) is 13.5. The molecule has 0 amide bonds. The molecule has 0 N–H and O–H groups in total. The largest absolute Gasteiger partial charge is 0.493 e. The van der Waals surface area contributed by atoms with E-state index in [1.807, 2.05) is 6.07 Å². The van der Waals surface area contributed by atoms with Crippen LogP contribution in [0.1, 0.15) is 70.3 Å². The minimum Gasteiger partial charge on any atom is -0.493 e. The standard InChI is InChI=1S/C19H32O2/c1-4-5-6-7-8-9-10-11-12-13-17-14-15-18(20-2)19(16-17)21-3/h14-16H,4-13H2,1-3H3. The van der Waals surface area contributed by atoms with Gasteiger partial charge in [-0.3, -0.25) is 0 Å². The lowest BCUT2D eigenvalue weighted by atomic mass is 10.0. The van der Waals surface area contributed by atoms with E-state index in [2.05, 4.69) is 19.1 Å². The Morgan fingerprint density at radius 2 is 1.29 bits per heavy atom. The molecule has 0 spiro atoms. The number of aryl methyl sites for hydroxylation is 1. The van der Waals surface area contributed by atoms with Gasteiger partial charge in [0.15, 0.2) is 11.5 Å². The van der Waals surface area contributed by atoms with Crippen molar-refractivity contribution in [2.24, 2.45) is 0 Å². The van der Waals surface area contributed by atoms with E-state index in [4.69, 9.17) is 9.47 Å². The van der Waals surface area contributed by atoms with Crippen LogP contribution in [0, 0.1) is 0 Å². The Labute approximate surface area is 130 Å². The molecule has 0 heterocycles. The molecule has 0 bridgehead atoms. The van der Waals surface area contributed by atoms with Gasteiger partial charge in [-0.1, -0.05) is 64.4 Å². The fraction of sp³-hybridized carbons (Fsp3) is 0.684. The van der Waals surface area contributed by atoms with Gasteiger partial charge in [0.2, 0.25) is 0 Å². The van der Waals surface area contributed by atoms with Crippen molar-refractivity contribution in [1.29, 1.82) is 0 Å². The molecule has 1 aromatic rings. The van der Waals surface area contributed by atoms with Crippen LogP contribution in [0.2, 0.25) is 0 Å². The summed E-state index contributed by atoms with van der Waals surface area (Å²) in [5.74, 6) is 1.65. The molecule has 0 aliphatic rings. The first-order valence-corrected chi connectivity index (χ1v) is 8.52. The maximum Gasteiger partial charge on any atom is 0.160 e. The predicted molar refractivity (Wildman–Crippen MR) is 90.5 cm³/mol. The second kappa shape index (κ2) is 11.5. The van der Waals surface area contributed by atoms with E-state index in [-0.39, 0.29) is 0 Å². The lowest BCUT2D eigenvalue weighted by Gasteiger charge is -2.09. The molecule has 2 heteroatoms. The van der Waals surface area contributed by atoms with Gasteiger partial charge in [-0.15, -0.1) is 0 Å². The molecule has 0 aliphatic heterocycles. The fourth-order valence-corrected chi connectivity index (χ4v) is 2.68. The van der Waals surface area contributed by atoms with Crippen molar-refractivity contribution in [1.82, 2.24) is 0 Å². The van der Waals surface area contributed by atoms with Crippen molar-refractivity contribution in [3.8, 4) is 11.5 Å². The highest BCUT2D eigenvalue weighted by Gasteiger charge is 2.04. The average Bonchev–Trinajstić information content (AvgIpc) is 2.53. The average molecular weight is 292 g/mol. The normalized spacial score (nSPS) is 10.6. The second-order valence-corrected chi connectivity index (χ2v) is 5.77. The number of benzene rings is 1. The first-order valence-electron chi connectivity index (χ1n) is 8.52. The number of ether oxygens (including phenoxy) is 2. The number of methoxy groups -OCH3 is 2. The molecular formula is C19H32O2. The van der Waals surface area contributed by atoms with Crippen LogP contribution in [0.5, 0.6) is 11.5 Å². The zero-order valence-electron chi connectivity index (χ0n) is 14.1. The van der Waals surface area contributed by atoms with Crippen LogP contribution in [0.25, 0.3) is 0 Å². The van der Waals surface area contributed by atoms with Crippen LogP contribution in [0.15, 0.2) is 18.2 Å². The van der Waals surface area contributed by atoms with Gasteiger partial charge in [-0.2, -0.15) is 0 Å². The second-order valence-electron chi connectivity index (χ2n) is 5.77. The molecule has 0 fully saturated rings. The molecule has 0 saturated heterocycles. The topological polar surface area (TPSA) is 18.5 Å². The van der Waals surface area contributed by atoms with Crippen molar-refractivity contribution >= 4 is 0 Å². The Hall–Kier alpha value is -1.18. The van der Waals surface area contributed by atoms with Crippen molar-refractivity contribution in [3.05, 3.63) is 23.8 Å². The van der Waals surface area contributed by atoms with Gasteiger partial charge in [0.25, 0.3) is 0 Å². The zero-order chi connectivity index (χ0) is 15.3. The van der Waals surface area contributed by atoms with Crippen LogP contribution in [-0.4, -0.2) is 14.2 Å². The lowest BCUT2D eigenvalue weighted by molar-refractivity contribution is 0.354. The minimum atomic E-state index is 0.813. The van der Waals surface area contributed by atoms with Crippen LogP contribution in [0.3, 0.4) is 0 Å². The Morgan fingerprint density at radius 3 is 1.86 bits per heavy atom. The number of rotatable bonds is 12. The summed E-state index contributed by atoms with van der Waals surface area (Å²) in [6, 6.07) is 6.25. The van der Waals surface area contributed by atoms with E-state index >= 15 is 0 Å². The third kappa shape index (κ3) is 7.40. The van der Waals surface area contributed by atoms with E-state index in [1.165, 1.54) is 63.4 Å². The smallest absolute Gasteiger partial charge is 0.160 e. The molecule has 0 radical (unpaired) electrons. The van der Waals surface area contributed by atoms with Crippen molar-refractivity contribution in [2.75, 3.05) is 14.2 Å². The highest BCUT2D eigenvalue weighted by molar-refractivity contribution is 5.42. The van der Waals surface area contributed by atoms with E-state index in [0.717, 1.165) is 17.9 Å². The van der Waals surface area contributed by atoms with Gasteiger partial charge >= 0.3 is 0 Å². The van der Waals surface area contributed by atoms with E-state index in [9.17, 15) is 0 Å². The van der Waals surface area contributed by atoms with Crippen LogP contribution < -0.4 is 9.47 Å². The Morgan fingerprint density at radius 1 is 0.714 bits per heavy atom. The molecule has 1 aromatic carbocycles. The van der Waals surface area contributed by atoms with Gasteiger partial charge in [-0.25, -0.2) is 0 Å². The maximum atomic E-state index is 5.34. The Bertz CT molecular complexity index is 374. The summed E-state index contributed by atoms with van der Waals surface area (Å²) >= 11 is 0. The van der Waals surface area contributed by atoms with Gasteiger partial charge < -0.3 is 9.47 Å². The minimum absolute atomic E-state index is 0.813. The predicted octanol–water partition coefficient (Wildman–Crippen LogP) is 5.78. The quantitative estimate of drug-likeness (QED) is 0.455. The first-order chi connectivity index (χ1) is 10.3. The molecule has 120 valence electrons. The van der Waals surface area contributed by atoms with Gasteiger partial charge in [-0.05, 0) is 30.5 Å². The molecule has 0 saturated carbocycles. The van der Waals surface area contributed by atoms with E-state index in [1.54, 1.807) is 14.2 Å². The molecule has 1 rings (SSSR count). The number of hydrogen-bond acceptors (Lipinski definition) is 2. The fourth-order valence-electron chi connectivity index (χ4n) is 2.68. The van der Waals surface area contributed by atoms with E-state index < -0.39 is 0 Å². The van der Waals surface area contributed by atoms with Crippen molar-refractivity contribution < 1.29 is 9.47 Å². The maximum absolute atomic E-state index is 5.34. The molecular weight excluding hydrogens is 260 g/mol. The first kappa shape index (κ1) is 17.9. The van der Waals surface area contributed by atoms with Gasteiger partial charge in [0, 0.05) is 0 Å². The summed E-state index contributed by atoms with van der Waals surface area (Å²) in [6.45, 7) is 2.27. The SMILES string of the molecule is CCCCCCCCCCCc1ccc(OC)c(OC)c1. The molecule has 21 heavy (non-hydrogen) atoms. The van der Waals surface area contributed by atoms with Crippen LogP contribution in [0.4, 0.5) is 0 Å². The third-order valence-corrected chi connectivity index (χ3v) is 4.02. The summed E-state index contributed by atoms with van der Waals surface area (Å²) in [5.41, 5.74) is 1.34. The monoisotopic (exact) mass is 292 g/mol. The number of hydrogen-bond donors (Lipinski definition) is 0. The Balaban J connectivity index is 2.12. The zero-order valence-corrected chi connectivity index (χ0v) is 14.1. The molecule has 0 atom stereocenters. The lowest BCUT2D eigenvalue weighted by Crippen LogP contribution is -1.93. The van der Waals surface area contributed by atoms with Gasteiger partial charge in [0.1, 0.15) is 0 Å². The highest BCUT2D eigenvalue weighted by Crippen LogP contribution is 2.28. The summed E-state index contributed by atoms with van der Waals surface area (Å²) in [7, 11) is 3.37. The Kier molecular flexibility index (Phi) is 9.77. The van der Waals surface area contributed by atoms with Crippen LogP contribution in [-0.2, 0) is 6.42 Å². The summed E-state index contributed by atoms with van der Waals surface area (Å²) in [5, 5.41) is 0. The number of unbranched alkanes of at least 4 members (excludes halogenated alkanes) is 8. The van der Waals surface area contributed by atoms with Gasteiger partial charge in [0.05, 0.1) is 14.2 Å². The van der Waals surface area contributed by atoms with Crippen molar-refractivity contribution in [2.45, 2.75) is 71.1 Å². The van der Waals surface area contributed by atoms with Crippen molar-refractivity contribution in [3.63, 3.8) is 0 Å². The molecule has 0 unspecified atom stereocenters. The molecule has 0 aliphatic carbocycles. The van der Waals surface area contributed by atoms with E-state index in [0.29, 0.717) is 0 Å².